The number of nitrogens with one attached hydrogen (secondary N) is 2. The van der Waals surface area contributed by atoms with Crippen LogP contribution >= 0.6 is 0 Å². The van der Waals surface area contributed by atoms with E-state index in [1.165, 1.54) is 0 Å². The van der Waals surface area contributed by atoms with Crippen LogP contribution in [0.5, 0.6) is 0 Å². The van der Waals surface area contributed by atoms with Gasteiger partial charge in [-0.25, -0.2) is 0 Å². The summed E-state index contributed by atoms with van der Waals surface area (Å²) in [4.78, 5) is 27.4. The van der Waals surface area contributed by atoms with Crippen molar-refractivity contribution in [3.63, 3.8) is 0 Å². The maximum absolute atomic E-state index is 13.2. The molecule has 1 aromatic carbocycles. The average Bonchev–Trinajstić information content (AvgIpc) is 3.46. The highest BCUT2D eigenvalue weighted by Crippen LogP contribution is 2.20. The second-order valence-electron chi connectivity index (χ2n) is 8.01. The summed E-state index contributed by atoms with van der Waals surface area (Å²) in [6.45, 7) is 3.59. The zero-order chi connectivity index (χ0) is 20.1. The number of piperidine rings is 1. The Bertz CT molecular complexity index is 829. The van der Waals surface area contributed by atoms with Crippen molar-refractivity contribution in [1.29, 1.82) is 0 Å². The molecule has 0 aliphatic carbocycles. The number of carbonyl (C=O) groups excluding carboxylic acids is 2. The molecule has 2 aromatic rings. The van der Waals surface area contributed by atoms with Gasteiger partial charge in [-0.2, -0.15) is 5.10 Å². The molecule has 0 bridgehead atoms. The van der Waals surface area contributed by atoms with Crippen LogP contribution in [0.1, 0.15) is 41.6 Å². The van der Waals surface area contributed by atoms with E-state index < -0.39 is 0 Å². The third kappa shape index (κ3) is 4.85. The highest BCUT2D eigenvalue weighted by atomic mass is 16.2. The number of amides is 2. The first kappa shape index (κ1) is 19.6. The highest BCUT2D eigenvalue weighted by molar-refractivity contribution is 5.95. The molecule has 2 aliphatic heterocycles. The lowest BCUT2D eigenvalue weighted by Gasteiger charge is -2.33. The van der Waals surface area contributed by atoms with Gasteiger partial charge in [0.2, 0.25) is 5.91 Å². The SMILES string of the molecule is O=C(NCC1CCCN(C(=O)c2ccccc2Cn2cccn2)C1)C1CCCN1. The fraction of sp³-hybridized carbons (Fsp3) is 0.500. The van der Waals surface area contributed by atoms with Gasteiger partial charge >= 0.3 is 0 Å². The van der Waals surface area contributed by atoms with E-state index in [-0.39, 0.29) is 17.9 Å². The number of hydrogen-bond donors (Lipinski definition) is 2. The van der Waals surface area contributed by atoms with Gasteiger partial charge in [-0.1, -0.05) is 18.2 Å². The van der Waals surface area contributed by atoms with E-state index in [0.717, 1.165) is 49.9 Å². The van der Waals surface area contributed by atoms with Gasteiger partial charge < -0.3 is 15.5 Å². The van der Waals surface area contributed by atoms with Crippen LogP contribution < -0.4 is 10.6 Å². The molecule has 2 aliphatic rings. The van der Waals surface area contributed by atoms with Crippen LogP contribution in [0.2, 0.25) is 0 Å². The van der Waals surface area contributed by atoms with Crippen molar-refractivity contribution in [1.82, 2.24) is 25.3 Å². The number of rotatable bonds is 6. The molecule has 154 valence electrons. The van der Waals surface area contributed by atoms with Gasteiger partial charge in [0, 0.05) is 37.6 Å². The molecule has 0 radical (unpaired) electrons. The Labute approximate surface area is 171 Å². The number of carbonyl (C=O) groups is 2. The fourth-order valence-corrected chi connectivity index (χ4v) is 4.30. The van der Waals surface area contributed by atoms with E-state index in [4.69, 9.17) is 0 Å². The van der Waals surface area contributed by atoms with Crippen LogP contribution in [-0.2, 0) is 11.3 Å². The third-order valence-electron chi connectivity index (χ3n) is 5.89. The summed E-state index contributed by atoms with van der Waals surface area (Å²) in [5.41, 5.74) is 1.71. The molecular formula is C22H29N5O2. The van der Waals surface area contributed by atoms with Gasteiger partial charge in [0.1, 0.15) is 0 Å². The maximum Gasteiger partial charge on any atom is 0.254 e. The Hall–Kier alpha value is -2.67. The van der Waals surface area contributed by atoms with E-state index in [0.29, 0.717) is 25.6 Å². The lowest BCUT2D eigenvalue weighted by atomic mass is 9.96. The van der Waals surface area contributed by atoms with Crippen molar-refractivity contribution < 1.29 is 9.59 Å². The monoisotopic (exact) mass is 395 g/mol. The van der Waals surface area contributed by atoms with E-state index in [2.05, 4.69) is 15.7 Å². The molecule has 29 heavy (non-hydrogen) atoms. The maximum atomic E-state index is 13.2. The van der Waals surface area contributed by atoms with Crippen molar-refractivity contribution in [2.45, 2.75) is 38.3 Å². The molecule has 2 N–H and O–H groups in total. The largest absolute Gasteiger partial charge is 0.354 e. The van der Waals surface area contributed by atoms with Gasteiger partial charge in [0.25, 0.3) is 5.91 Å². The number of aromatic nitrogens is 2. The van der Waals surface area contributed by atoms with E-state index in [1.54, 1.807) is 6.20 Å². The minimum absolute atomic E-state index is 0.0505. The molecule has 2 amide bonds. The Morgan fingerprint density at radius 1 is 1.17 bits per heavy atom. The summed E-state index contributed by atoms with van der Waals surface area (Å²) < 4.78 is 1.83. The number of benzene rings is 1. The molecule has 2 fully saturated rings. The lowest BCUT2D eigenvalue weighted by Crippen LogP contribution is -2.46. The lowest BCUT2D eigenvalue weighted by molar-refractivity contribution is -0.123. The number of likely N-dealkylation sites (tertiary alicyclic amines) is 1. The zero-order valence-electron chi connectivity index (χ0n) is 16.7. The summed E-state index contributed by atoms with van der Waals surface area (Å²) in [7, 11) is 0. The molecule has 1 aromatic heterocycles. The molecule has 7 heteroatoms. The molecule has 7 nitrogen and oxygen atoms in total. The smallest absolute Gasteiger partial charge is 0.254 e. The Kier molecular flexibility index (Phi) is 6.24. The predicted molar refractivity (Wildman–Crippen MR) is 110 cm³/mol. The fourth-order valence-electron chi connectivity index (χ4n) is 4.30. The van der Waals surface area contributed by atoms with Gasteiger partial charge in [-0.3, -0.25) is 14.3 Å². The number of nitrogens with zero attached hydrogens (tertiary/aromatic N) is 3. The van der Waals surface area contributed by atoms with E-state index in [1.807, 2.05) is 46.1 Å². The minimum Gasteiger partial charge on any atom is -0.354 e. The average molecular weight is 396 g/mol. The predicted octanol–water partition coefficient (Wildman–Crippen LogP) is 1.65. The third-order valence-corrected chi connectivity index (χ3v) is 5.89. The second kappa shape index (κ2) is 9.22. The van der Waals surface area contributed by atoms with Gasteiger partial charge in [0.05, 0.1) is 12.6 Å². The molecule has 2 atom stereocenters. The molecule has 3 heterocycles. The topological polar surface area (TPSA) is 79.3 Å². The summed E-state index contributed by atoms with van der Waals surface area (Å²) in [6, 6.07) is 9.60. The second-order valence-corrected chi connectivity index (χ2v) is 8.01. The van der Waals surface area contributed by atoms with Crippen LogP contribution in [0.25, 0.3) is 0 Å². The van der Waals surface area contributed by atoms with Crippen LogP contribution in [-0.4, -0.2) is 58.7 Å². The van der Waals surface area contributed by atoms with E-state index in [9.17, 15) is 9.59 Å². The summed E-state index contributed by atoms with van der Waals surface area (Å²) in [5, 5.41) is 10.6. The molecular weight excluding hydrogens is 366 g/mol. The Morgan fingerprint density at radius 3 is 2.86 bits per heavy atom. The normalized spacial score (nSPS) is 21.9. The molecule has 2 unspecified atom stereocenters. The number of hydrogen-bond acceptors (Lipinski definition) is 4. The summed E-state index contributed by atoms with van der Waals surface area (Å²) >= 11 is 0. The quantitative estimate of drug-likeness (QED) is 0.780. The minimum atomic E-state index is -0.0505. The van der Waals surface area contributed by atoms with Gasteiger partial charge in [-0.05, 0) is 55.8 Å². The first-order chi connectivity index (χ1) is 14.2. The van der Waals surface area contributed by atoms with Crippen LogP contribution in [0.15, 0.2) is 42.7 Å². The van der Waals surface area contributed by atoms with Gasteiger partial charge in [-0.15, -0.1) is 0 Å². The van der Waals surface area contributed by atoms with Crippen molar-refractivity contribution in [3.8, 4) is 0 Å². The highest BCUT2D eigenvalue weighted by Gasteiger charge is 2.27. The summed E-state index contributed by atoms with van der Waals surface area (Å²) in [6.07, 6.45) is 7.62. The van der Waals surface area contributed by atoms with E-state index >= 15 is 0 Å². The van der Waals surface area contributed by atoms with Crippen LogP contribution in [0.3, 0.4) is 0 Å². The van der Waals surface area contributed by atoms with Crippen molar-refractivity contribution >= 4 is 11.8 Å². The van der Waals surface area contributed by atoms with Crippen LogP contribution in [0, 0.1) is 5.92 Å². The standard InChI is InChI=1S/C22H29N5O2/c28-21(20-9-3-10-23-20)24-14-17-6-4-12-26(15-17)22(29)19-8-2-1-7-18(19)16-27-13-5-11-25-27/h1-2,5,7-8,11,13,17,20,23H,3-4,6,9-10,12,14-16H2,(H,24,28). The van der Waals surface area contributed by atoms with Gasteiger partial charge in [0.15, 0.2) is 0 Å². The molecule has 2 saturated heterocycles. The van der Waals surface area contributed by atoms with Crippen LogP contribution in [0.4, 0.5) is 0 Å². The molecule has 4 rings (SSSR count). The Balaban J connectivity index is 1.37. The molecule has 0 spiro atoms. The molecule has 0 saturated carbocycles. The first-order valence-corrected chi connectivity index (χ1v) is 10.6. The zero-order valence-corrected chi connectivity index (χ0v) is 16.7. The first-order valence-electron chi connectivity index (χ1n) is 10.6. The summed E-state index contributed by atoms with van der Waals surface area (Å²) in [5.74, 6) is 0.466. The van der Waals surface area contributed by atoms with Crippen molar-refractivity contribution in [2.75, 3.05) is 26.2 Å². The van der Waals surface area contributed by atoms with Crippen molar-refractivity contribution in [2.24, 2.45) is 5.92 Å². The van der Waals surface area contributed by atoms with Crippen molar-refractivity contribution in [3.05, 3.63) is 53.9 Å². The Morgan fingerprint density at radius 2 is 2.07 bits per heavy atom.